The molecule has 1 amide bonds. The van der Waals surface area contributed by atoms with Crippen LogP contribution in [0.5, 0.6) is 17.2 Å². The molecule has 1 saturated heterocycles. The van der Waals surface area contributed by atoms with Gasteiger partial charge in [0.15, 0.2) is 4.32 Å². The van der Waals surface area contributed by atoms with Crippen LogP contribution in [0.2, 0.25) is 0 Å². The Morgan fingerprint density at radius 2 is 1.93 bits per heavy atom. The van der Waals surface area contributed by atoms with Crippen LogP contribution in [-0.4, -0.2) is 40.6 Å². The Morgan fingerprint density at radius 1 is 1.18 bits per heavy atom. The number of ether oxygens (including phenoxy) is 2. The van der Waals surface area contributed by atoms with Gasteiger partial charge in [-0.25, -0.2) is 4.79 Å². The summed E-state index contributed by atoms with van der Waals surface area (Å²) in [6.07, 6.45) is 1.65. The number of nitrogens with zero attached hydrogens (tertiary/aromatic N) is 1. The SMILES string of the molecule is COc1ccc(C=C2SC(=S)N(c3ccc(O)c(C(=O)O)c3)C2=O)c(OC)c1. The van der Waals surface area contributed by atoms with Crippen molar-refractivity contribution in [3.63, 3.8) is 0 Å². The van der Waals surface area contributed by atoms with Crippen molar-refractivity contribution in [1.82, 2.24) is 0 Å². The lowest BCUT2D eigenvalue weighted by Gasteiger charge is -2.15. The lowest BCUT2D eigenvalue weighted by molar-refractivity contribution is -0.113. The molecule has 0 atom stereocenters. The minimum atomic E-state index is -1.30. The van der Waals surface area contributed by atoms with Crippen LogP contribution in [0.1, 0.15) is 15.9 Å². The lowest BCUT2D eigenvalue weighted by Crippen LogP contribution is -2.27. The van der Waals surface area contributed by atoms with Gasteiger partial charge in [-0.05, 0) is 36.4 Å². The summed E-state index contributed by atoms with van der Waals surface area (Å²) in [5.74, 6) is -0.937. The number of aromatic hydroxyl groups is 1. The molecule has 28 heavy (non-hydrogen) atoms. The predicted octanol–water partition coefficient (Wildman–Crippen LogP) is 3.51. The van der Waals surface area contributed by atoms with Crippen LogP contribution < -0.4 is 14.4 Å². The van der Waals surface area contributed by atoms with Crippen molar-refractivity contribution in [2.45, 2.75) is 0 Å². The fourth-order valence-corrected chi connectivity index (χ4v) is 3.89. The molecule has 144 valence electrons. The normalized spacial score (nSPS) is 15.2. The van der Waals surface area contributed by atoms with E-state index in [0.717, 1.165) is 11.8 Å². The van der Waals surface area contributed by atoms with Gasteiger partial charge in [0, 0.05) is 11.6 Å². The molecule has 0 radical (unpaired) electrons. The van der Waals surface area contributed by atoms with Crippen molar-refractivity contribution < 1.29 is 29.3 Å². The van der Waals surface area contributed by atoms with Gasteiger partial charge in [-0.2, -0.15) is 0 Å². The Hall–Kier alpha value is -3.04. The summed E-state index contributed by atoms with van der Waals surface area (Å²) in [7, 11) is 3.06. The molecule has 9 heteroatoms. The zero-order valence-electron chi connectivity index (χ0n) is 14.8. The van der Waals surface area contributed by atoms with E-state index in [1.807, 2.05) is 0 Å². The van der Waals surface area contributed by atoms with Crippen molar-refractivity contribution in [2.24, 2.45) is 0 Å². The van der Waals surface area contributed by atoms with E-state index in [9.17, 15) is 19.8 Å². The molecule has 2 aromatic carbocycles. The number of rotatable bonds is 5. The summed E-state index contributed by atoms with van der Waals surface area (Å²) in [6, 6.07) is 9.06. The summed E-state index contributed by atoms with van der Waals surface area (Å²) in [4.78, 5) is 25.7. The van der Waals surface area contributed by atoms with E-state index in [-0.39, 0.29) is 21.3 Å². The summed E-state index contributed by atoms with van der Waals surface area (Å²) < 4.78 is 10.8. The van der Waals surface area contributed by atoms with Crippen molar-refractivity contribution in [1.29, 1.82) is 0 Å². The number of benzene rings is 2. The number of methoxy groups -OCH3 is 2. The van der Waals surface area contributed by atoms with E-state index in [0.29, 0.717) is 22.0 Å². The Labute approximate surface area is 170 Å². The van der Waals surface area contributed by atoms with Gasteiger partial charge in [-0.15, -0.1) is 0 Å². The number of amides is 1. The van der Waals surface area contributed by atoms with Crippen LogP contribution in [0, 0.1) is 0 Å². The number of aromatic carboxylic acids is 1. The molecule has 0 unspecified atom stereocenters. The Kier molecular flexibility index (Phi) is 5.57. The topological polar surface area (TPSA) is 96.3 Å². The minimum Gasteiger partial charge on any atom is -0.507 e. The monoisotopic (exact) mass is 417 g/mol. The molecule has 1 aliphatic heterocycles. The molecule has 7 nitrogen and oxygen atoms in total. The van der Waals surface area contributed by atoms with Crippen molar-refractivity contribution in [3.8, 4) is 17.2 Å². The second-order valence-electron chi connectivity index (χ2n) is 5.63. The van der Waals surface area contributed by atoms with E-state index in [4.69, 9.17) is 21.7 Å². The second kappa shape index (κ2) is 7.91. The van der Waals surface area contributed by atoms with Gasteiger partial charge >= 0.3 is 5.97 Å². The van der Waals surface area contributed by atoms with E-state index < -0.39 is 11.9 Å². The molecule has 0 aliphatic carbocycles. The highest BCUT2D eigenvalue weighted by molar-refractivity contribution is 8.27. The number of hydrogen-bond donors (Lipinski definition) is 2. The number of hydrogen-bond acceptors (Lipinski definition) is 7. The third-order valence-electron chi connectivity index (χ3n) is 3.99. The molecule has 0 saturated carbocycles. The van der Waals surface area contributed by atoms with Crippen LogP contribution >= 0.6 is 24.0 Å². The number of thioether (sulfide) groups is 1. The maximum atomic E-state index is 12.9. The Bertz CT molecular complexity index is 1020. The number of carbonyl (C=O) groups is 2. The number of thiocarbonyl (C=S) groups is 1. The second-order valence-corrected chi connectivity index (χ2v) is 7.31. The van der Waals surface area contributed by atoms with Crippen molar-refractivity contribution in [2.75, 3.05) is 19.1 Å². The summed E-state index contributed by atoms with van der Waals surface area (Å²) in [5, 5.41) is 18.8. The van der Waals surface area contributed by atoms with Crippen LogP contribution in [0.4, 0.5) is 5.69 Å². The molecule has 3 rings (SSSR count). The third-order valence-corrected chi connectivity index (χ3v) is 5.29. The molecule has 0 spiro atoms. The van der Waals surface area contributed by atoms with Crippen molar-refractivity contribution >= 4 is 51.9 Å². The smallest absolute Gasteiger partial charge is 0.339 e. The standard InChI is InChI=1S/C19H15NO6S2/c1-25-12-5-3-10(15(9-12)26-2)7-16-17(22)20(19(27)28-16)11-4-6-14(21)13(8-11)18(23)24/h3-9,21H,1-2H3,(H,23,24). The number of carbonyl (C=O) groups excluding carboxylic acids is 1. The van der Waals surface area contributed by atoms with Crippen LogP contribution in [-0.2, 0) is 4.79 Å². The van der Waals surface area contributed by atoms with Crippen LogP contribution in [0.3, 0.4) is 0 Å². The van der Waals surface area contributed by atoms with Crippen LogP contribution in [0.15, 0.2) is 41.3 Å². The quantitative estimate of drug-likeness (QED) is 0.564. The van der Waals surface area contributed by atoms with Gasteiger partial charge in [0.05, 0.1) is 24.8 Å². The number of carboxylic acids is 1. The van der Waals surface area contributed by atoms with Gasteiger partial charge in [0.1, 0.15) is 22.8 Å². The lowest BCUT2D eigenvalue weighted by atomic mass is 10.1. The summed E-state index contributed by atoms with van der Waals surface area (Å²) in [6.45, 7) is 0. The highest BCUT2D eigenvalue weighted by atomic mass is 32.2. The van der Waals surface area contributed by atoms with Gasteiger partial charge in [0.25, 0.3) is 5.91 Å². The third kappa shape index (κ3) is 3.67. The van der Waals surface area contributed by atoms with Gasteiger partial charge in [-0.1, -0.05) is 24.0 Å². The molecule has 0 aromatic heterocycles. The minimum absolute atomic E-state index is 0.255. The van der Waals surface area contributed by atoms with Crippen molar-refractivity contribution in [3.05, 3.63) is 52.4 Å². The molecular weight excluding hydrogens is 402 g/mol. The fraction of sp³-hybridized carbons (Fsp3) is 0.105. The van der Waals surface area contributed by atoms with E-state index in [2.05, 4.69) is 0 Å². The molecule has 1 heterocycles. The first-order valence-corrected chi connectivity index (χ1v) is 9.14. The number of phenols is 1. The highest BCUT2D eigenvalue weighted by Crippen LogP contribution is 2.38. The molecular formula is C19H15NO6S2. The van der Waals surface area contributed by atoms with E-state index in [1.54, 1.807) is 31.4 Å². The summed E-state index contributed by atoms with van der Waals surface area (Å²) >= 11 is 6.39. The first kappa shape index (κ1) is 19.7. The average molecular weight is 417 g/mol. The van der Waals surface area contributed by atoms with Gasteiger partial charge < -0.3 is 19.7 Å². The zero-order valence-corrected chi connectivity index (χ0v) is 16.5. The first-order chi connectivity index (χ1) is 13.3. The zero-order chi connectivity index (χ0) is 20.4. The largest absolute Gasteiger partial charge is 0.507 e. The highest BCUT2D eigenvalue weighted by Gasteiger charge is 2.34. The van der Waals surface area contributed by atoms with Gasteiger partial charge in [-0.3, -0.25) is 9.69 Å². The molecule has 2 N–H and O–H groups in total. The van der Waals surface area contributed by atoms with E-state index >= 15 is 0 Å². The maximum Gasteiger partial charge on any atom is 0.339 e. The molecule has 0 bridgehead atoms. The molecule has 1 fully saturated rings. The predicted molar refractivity (Wildman–Crippen MR) is 110 cm³/mol. The number of carboxylic acid groups (broad SMARTS) is 1. The van der Waals surface area contributed by atoms with E-state index in [1.165, 1.54) is 30.2 Å². The first-order valence-electron chi connectivity index (χ1n) is 7.92. The Morgan fingerprint density at radius 3 is 2.57 bits per heavy atom. The average Bonchev–Trinajstić information content (AvgIpc) is 2.95. The molecule has 1 aliphatic rings. The number of anilines is 1. The molecule has 2 aromatic rings. The summed E-state index contributed by atoms with van der Waals surface area (Å²) in [5.41, 5.74) is 0.621. The maximum absolute atomic E-state index is 12.9. The van der Waals surface area contributed by atoms with Gasteiger partial charge in [0.2, 0.25) is 0 Å². The Balaban J connectivity index is 1.98. The fourth-order valence-electron chi connectivity index (χ4n) is 2.60. The van der Waals surface area contributed by atoms with Crippen LogP contribution in [0.25, 0.3) is 6.08 Å².